The Morgan fingerprint density at radius 3 is 2.40 bits per heavy atom. The molecule has 1 aromatic rings. The molecule has 1 aromatic carbocycles. The van der Waals surface area contributed by atoms with Gasteiger partial charge in [-0.1, -0.05) is 56.2 Å². The van der Waals surface area contributed by atoms with Crippen molar-refractivity contribution in [2.45, 2.75) is 79.1 Å². The summed E-state index contributed by atoms with van der Waals surface area (Å²) in [6, 6.07) is 7.16. The Bertz CT molecular complexity index is 852. The molecule has 0 amide bonds. The summed E-state index contributed by atoms with van der Waals surface area (Å²) in [4.78, 5) is 0. The molecule has 0 radical (unpaired) electrons. The molecule has 1 nitrogen and oxygen atoms in total. The molecule has 5 unspecified atom stereocenters. The monoisotopic (exact) mass is 407 g/mol. The van der Waals surface area contributed by atoms with Crippen molar-refractivity contribution in [3.05, 3.63) is 52.6 Å². The molecule has 2 saturated carbocycles. The number of nitrogens with one attached hydrogen (secondary N) is 1. The summed E-state index contributed by atoms with van der Waals surface area (Å²) in [6.45, 7) is 9.73. The summed E-state index contributed by atoms with van der Waals surface area (Å²) < 4.78 is 0. The molecule has 5 rings (SSSR count). The lowest BCUT2D eigenvalue weighted by atomic mass is 9.47. The Morgan fingerprint density at radius 1 is 0.900 bits per heavy atom. The van der Waals surface area contributed by atoms with E-state index >= 15 is 0 Å². The second-order valence-corrected chi connectivity index (χ2v) is 11.1. The molecule has 30 heavy (non-hydrogen) atoms. The minimum Gasteiger partial charge on any atom is -0.323 e. The zero-order valence-electron chi connectivity index (χ0n) is 20.3. The van der Waals surface area contributed by atoms with Gasteiger partial charge in [-0.2, -0.15) is 0 Å². The van der Waals surface area contributed by atoms with E-state index in [1.54, 1.807) is 5.57 Å². The van der Waals surface area contributed by atoms with Gasteiger partial charge < -0.3 is 5.32 Å². The minimum absolute atomic E-state index is 0. The van der Waals surface area contributed by atoms with Crippen LogP contribution in [0.1, 0.15) is 83.3 Å². The number of rotatable bonds is 1. The van der Waals surface area contributed by atoms with Gasteiger partial charge in [-0.05, 0) is 124 Å². The van der Waals surface area contributed by atoms with Crippen LogP contribution in [0.5, 0.6) is 0 Å². The highest BCUT2D eigenvalue weighted by Gasteiger charge is 2.56. The summed E-state index contributed by atoms with van der Waals surface area (Å²) in [5.74, 6) is 2.68. The molecule has 0 heterocycles. The van der Waals surface area contributed by atoms with Crippen LogP contribution in [0.3, 0.4) is 0 Å². The van der Waals surface area contributed by atoms with Gasteiger partial charge in [0, 0.05) is 1.43 Å². The van der Waals surface area contributed by atoms with Crippen molar-refractivity contribution in [3.8, 4) is 0 Å². The van der Waals surface area contributed by atoms with E-state index in [1.807, 2.05) is 19.7 Å². The molecule has 2 fully saturated rings. The number of hydrogen-bond acceptors (Lipinski definition) is 1. The Hall–Kier alpha value is -1.34. The Morgan fingerprint density at radius 2 is 1.67 bits per heavy atom. The number of allylic oxidation sites excluding steroid dienone is 4. The van der Waals surface area contributed by atoms with Gasteiger partial charge in [0.2, 0.25) is 0 Å². The van der Waals surface area contributed by atoms with Crippen LogP contribution >= 0.6 is 0 Å². The zero-order chi connectivity index (χ0) is 21.5. The third-order valence-electron chi connectivity index (χ3n) is 9.42. The van der Waals surface area contributed by atoms with E-state index in [9.17, 15) is 0 Å². The van der Waals surface area contributed by atoms with Crippen LogP contribution in [0.4, 0.5) is 0 Å². The summed E-state index contributed by atoms with van der Waals surface area (Å²) >= 11 is 0. The fourth-order valence-electron chi connectivity index (χ4n) is 7.62. The SMILES string of the molecule is CNC.Cc1ccc(C2=CCC3C4CC=C5CCCCC5(C)C4CCC23C)cc1C.[HH]. The summed E-state index contributed by atoms with van der Waals surface area (Å²) in [5, 5.41) is 2.75. The van der Waals surface area contributed by atoms with Crippen LogP contribution in [-0.2, 0) is 0 Å². The third kappa shape index (κ3) is 3.42. The van der Waals surface area contributed by atoms with Gasteiger partial charge in [0.05, 0.1) is 0 Å². The van der Waals surface area contributed by atoms with Crippen molar-refractivity contribution >= 4 is 5.57 Å². The Balaban J connectivity index is 0.000000645. The maximum absolute atomic E-state index is 2.75. The van der Waals surface area contributed by atoms with E-state index in [1.165, 1.54) is 68.1 Å². The number of fused-ring (bicyclic) bond motifs is 5. The molecule has 166 valence electrons. The summed E-state index contributed by atoms with van der Waals surface area (Å²) in [5.41, 5.74) is 8.76. The average molecular weight is 408 g/mol. The third-order valence-corrected chi connectivity index (χ3v) is 9.42. The highest BCUT2D eigenvalue weighted by atomic mass is 14.7. The molecule has 0 aromatic heterocycles. The van der Waals surface area contributed by atoms with Crippen molar-refractivity contribution in [1.29, 1.82) is 0 Å². The Kier molecular flexibility index (Phi) is 6.05. The lowest BCUT2D eigenvalue weighted by molar-refractivity contribution is -0.00980. The van der Waals surface area contributed by atoms with E-state index in [-0.39, 0.29) is 1.43 Å². The maximum Gasteiger partial charge on any atom is 0 e. The molecule has 0 aliphatic heterocycles. The standard InChI is InChI=1S/C27H36.C2H7N.H2/c1-18-8-9-20(17-19(18)2)23-12-13-24-22-11-10-21-7-5-6-15-26(21,3)25(22)14-16-27(23,24)4;1-3-2;/h8-10,12,17,22,24-25H,5-7,11,13-16H2,1-4H3;3H,1-2H3;1H. The number of benzene rings is 1. The first-order valence-electron chi connectivity index (χ1n) is 12.4. The predicted molar refractivity (Wildman–Crippen MR) is 133 cm³/mol. The fourth-order valence-corrected chi connectivity index (χ4v) is 7.62. The van der Waals surface area contributed by atoms with Crippen LogP contribution in [0.2, 0.25) is 0 Å². The smallest absolute Gasteiger partial charge is 0 e. The molecule has 4 aliphatic carbocycles. The van der Waals surface area contributed by atoms with Gasteiger partial charge in [0.1, 0.15) is 0 Å². The van der Waals surface area contributed by atoms with Gasteiger partial charge in [0.25, 0.3) is 0 Å². The quantitative estimate of drug-likeness (QED) is 0.470. The second kappa shape index (κ2) is 8.30. The van der Waals surface area contributed by atoms with E-state index in [4.69, 9.17) is 0 Å². The first-order chi connectivity index (χ1) is 14.3. The second-order valence-electron chi connectivity index (χ2n) is 11.1. The Labute approximate surface area is 186 Å². The highest BCUT2D eigenvalue weighted by molar-refractivity contribution is 5.73. The van der Waals surface area contributed by atoms with Gasteiger partial charge in [0.15, 0.2) is 0 Å². The van der Waals surface area contributed by atoms with E-state index < -0.39 is 0 Å². The number of aryl methyl sites for hydroxylation is 2. The van der Waals surface area contributed by atoms with Gasteiger partial charge in [-0.25, -0.2) is 0 Å². The molecule has 5 atom stereocenters. The largest absolute Gasteiger partial charge is 0.323 e. The molecule has 0 bridgehead atoms. The predicted octanol–water partition coefficient (Wildman–Crippen LogP) is 7.73. The van der Waals surface area contributed by atoms with Crippen molar-refractivity contribution in [1.82, 2.24) is 5.32 Å². The number of hydrogen-bond donors (Lipinski definition) is 1. The van der Waals surface area contributed by atoms with Gasteiger partial charge in [-0.3, -0.25) is 0 Å². The van der Waals surface area contributed by atoms with Crippen LogP contribution in [0.15, 0.2) is 35.9 Å². The van der Waals surface area contributed by atoms with E-state index in [0.29, 0.717) is 10.8 Å². The fraction of sp³-hybridized carbons (Fsp3) is 0.655. The highest BCUT2D eigenvalue weighted by Crippen LogP contribution is 2.66. The molecular formula is C29H45N. The first-order valence-corrected chi connectivity index (χ1v) is 12.4. The van der Waals surface area contributed by atoms with Crippen LogP contribution in [0, 0.1) is 42.4 Å². The van der Waals surface area contributed by atoms with Crippen LogP contribution < -0.4 is 5.32 Å². The minimum atomic E-state index is 0. The normalized spacial score (nSPS) is 37.1. The van der Waals surface area contributed by atoms with Crippen molar-refractivity contribution in [2.75, 3.05) is 14.1 Å². The van der Waals surface area contributed by atoms with Crippen molar-refractivity contribution < 1.29 is 1.43 Å². The molecule has 0 saturated heterocycles. The molecule has 1 N–H and O–H groups in total. The zero-order valence-corrected chi connectivity index (χ0v) is 20.3. The van der Waals surface area contributed by atoms with Gasteiger partial charge in [-0.15, -0.1) is 0 Å². The van der Waals surface area contributed by atoms with Crippen molar-refractivity contribution in [2.24, 2.45) is 28.6 Å². The summed E-state index contributed by atoms with van der Waals surface area (Å²) in [7, 11) is 3.75. The summed E-state index contributed by atoms with van der Waals surface area (Å²) in [6.07, 6.45) is 16.5. The topological polar surface area (TPSA) is 12.0 Å². The lowest BCUT2D eigenvalue weighted by Crippen LogP contribution is -2.48. The first kappa shape index (κ1) is 21.9. The lowest BCUT2D eigenvalue weighted by Gasteiger charge is -2.57. The molecule has 0 spiro atoms. The van der Waals surface area contributed by atoms with Crippen molar-refractivity contribution in [3.63, 3.8) is 0 Å². The maximum atomic E-state index is 2.75. The molecule has 1 heteroatoms. The van der Waals surface area contributed by atoms with Crippen LogP contribution in [0.25, 0.3) is 5.57 Å². The molecular weight excluding hydrogens is 362 g/mol. The molecule has 4 aliphatic rings. The van der Waals surface area contributed by atoms with E-state index in [0.717, 1.165) is 17.8 Å². The van der Waals surface area contributed by atoms with E-state index in [2.05, 4.69) is 63.4 Å². The average Bonchev–Trinajstić information content (AvgIpc) is 3.07. The van der Waals surface area contributed by atoms with Crippen LogP contribution in [-0.4, -0.2) is 14.1 Å². The van der Waals surface area contributed by atoms with Gasteiger partial charge >= 0.3 is 0 Å².